The maximum absolute atomic E-state index is 3.05. The Hall–Kier alpha value is -0.0400. The summed E-state index contributed by atoms with van der Waals surface area (Å²) in [6.45, 7) is 0. The first-order valence-corrected chi connectivity index (χ1v) is 8.67. The van der Waals surface area contributed by atoms with E-state index in [1.54, 1.807) is 32.1 Å². The largest absolute Gasteiger partial charge is 0.294 e. The van der Waals surface area contributed by atoms with Crippen LogP contribution in [0.5, 0.6) is 0 Å². The fraction of sp³-hybridized carbons (Fsp3) is 1.00. The molecule has 2 heterocycles. The van der Waals surface area contributed by atoms with E-state index in [1.165, 1.54) is 44.9 Å². The minimum atomic E-state index is 0.987. The topological polar surface area (TPSA) is 3.24 Å². The van der Waals surface area contributed by atoms with Crippen LogP contribution >= 0.6 is 0 Å². The number of hydrogen-bond acceptors (Lipinski definition) is 1. The maximum Gasteiger partial charge on any atom is 0.0106 e. The zero-order chi connectivity index (χ0) is 11.9. The summed E-state index contributed by atoms with van der Waals surface area (Å²) in [6, 6.07) is 2.97. The van der Waals surface area contributed by atoms with E-state index in [9.17, 15) is 0 Å². The number of fused-ring (bicyclic) bond motifs is 4. The van der Waals surface area contributed by atoms with E-state index in [2.05, 4.69) is 4.90 Å². The van der Waals surface area contributed by atoms with Gasteiger partial charge in [0, 0.05) is 18.1 Å². The fourth-order valence-electron chi connectivity index (χ4n) is 5.90. The minimum Gasteiger partial charge on any atom is -0.294 e. The molecule has 102 valence electrons. The first-order valence-electron chi connectivity index (χ1n) is 8.67. The lowest BCUT2D eigenvalue weighted by Crippen LogP contribution is -2.56. The van der Waals surface area contributed by atoms with Crippen LogP contribution in [0.2, 0.25) is 0 Å². The van der Waals surface area contributed by atoms with Crippen LogP contribution in [0.3, 0.4) is 0 Å². The maximum atomic E-state index is 3.05. The van der Waals surface area contributed by atoms with Crippen LogP contribution in [-0.2, 0) is 0 Å². The van der Waals surface area contributed by atoms with E-state index >= 15 is 0 Å². The molecule has 0 aromatic heterocycles. The second-order valence-electron chi connectivity index (χ2n) is 7.64. The van der Waals surface area contributed by atoms with Crippen molar-refractivity contribution >= 4 is 0 Å². The summed E-state index contributed by atoms with van der Waals surface area (Å²) in [5.74, 6) is 2.20. The van der Waals surface area contributed by atoms with Gasteiger partial charge in [0.1, 0.15) is 0 Å². The molecular formula is C17H29N. The third kappa shape index (κ3) is 2.03. The fourth-order valence-corrected chi connectivity index (χ4v) is 5.90. The molecule has 4 aliphatic rings. The summed E-state index contributed by atoms with van der Waals surface area (Å²) < 4.78 is 0. The molecule has 1 nitrogen and oxygen atoms in total. The Morgan fingerprint density at radius 3 is 1.56 bits per heavy atom. The van der Waals surface area contributed by atoms with Gasteiger partial charge < -0.3 is 0 Å². The van der Waals surface area contributed by atoms with Crippen molar-refractivity contribution in [2.75, 3.05) is 0 Å². The van der Waals surface area contributed by atoms with Crippen LogP contribution in [0, 0.1) is 11.8 Å². The molecule has 0 N–H and O–H groups in total. The van der Waals surface area contributed by atoms with Crippen molar-refractivity contribution in [2.45, 2.75) is 95.2 Å². The number of piperidine rings is 2. The predicted molar refractivity (Wildman–Crippen MR) is 75.6 cm³/mol. The van der Waals surface area contributed by atoms with Gasteiger partial charge in [-0.2, -0.15) is 0 Å². The molecule has 2 atom stereocenters. The van der Waals surface area contributed by atoms with Gasteiger partial charge in [-0.15, -0.1) is 0 Å². The van der Waals surface area contributed by atoms with Crippen molar-refractivity contribution in [3.8, 4) is 0 Å². The van der Waals surface area contributed by atoms with Crippen LogP contribution in [-0.4, -0.2) is 23.0 Å². The van der Waals surface area contributed by atoms with E-state index in [0.717, 1.165) is 30.0 Å². The molecule has 2 saturated heterocycles. The quantitative estimate of drug-likeness (QED) is 0.665. The van der Waals surface area contributed by atoms with Crippen molar-refractivity contribution in [1.29, 1.82) is 0 Å². The highest BCUT2D eigenvalue weighted by Crippen LogP contribution is 2.45. The molecule has 0 aromatic carbocycles. The molecule has 2 aliphatic heterocycles. The summed E-state index contributed by atoms with van der Waals surface area (Å²) in [5.41, 5.74) is 0. The molecule has 0 amide bonds. The average molecular weight is 247 g/mol. The lowest BCUT2D eigenvalue weighted by molar-refractivity contribution is -0.0352. The van der Waals surface area contributed by atoms with E-state index in [0.29, 0.717) is 0 Å². The highest BCUT2D eigenvalue weighted by molar-refractivity contribution is 4.96. The summed E-state index contributed by atoms with van der Waals surface area (Å²) in [6.07, 6.45) is 18.4. The van der Waals surface area contributed by atoms with Crippen molar-refractivity contribution < 1.29 is 0 Å². The summed E-state index contributed by atoms with van der Waals surface area (Å²) in [7, 11) is 0. The van der Waals surface area contributed by atoms with Crippen LogP contribution in [0.15, 0.2) is 0 Å². The molecule has 0 aromatic rings. The van der Waals surface area contributed by atoms with Crippen LogP contribution in [0.4, 0.5) is 0 Å². The van der Waals surface area contributed by atoms with Gasteiger partial charge in [0.2, 0.25) is 0 Å². The third-order valence-corrected chi connectivity index (χ3v) is 6.52. The Kier molecular flexibility index (Phi) is 3.14. The van der Waals surface area contributed by atoms with Gasteiger partial charge in [-0.3, -0.25) is 4.90 Å². The van der Waals surface area contributed by atoms with Gasteiger partial charge in [0.25, 0.3) is 0 Å². The average Bonchev–Trinajstić information content (AvgIpc) is 2.37. The molecule has 2 saturated carbocycles. The van der Waals surface area contributed by atoms with E-state index < -0.39 is 0 Å². The Bertz CT molecular complexity index is 266. The molecule has 0 radical (unpaired) electrons. The van der Waals surface area contributed by atoms with Crippen molar-refractivity contribution in [1.82, 2.24) is 4.90 Å². The Balaban J connectivity index is 1.51. The number of nitrogens with zero attached hydrogens (tertiary/aromatic N) is 1. The standard InChI is InChI=1S/C17H29N/c1-4-13-10-14(5-1)12-17(11-13)18-15-6-2-7-16(18)9-3-8-15/h13-17H,1-12H2. The van der Waals surface area contributed by atoms with E-state index in [4.69, 9.17) is 0 Å². The van der Waals surface area contributed by atoms with E-state index in [-0.39, 0.29) is 0 Å². The monoisotopic (exact) mass is 247 g/mol. The smallest absolute Gasteiger partial charge is 0.0106 e. The summed E-state index contributed by atoms with van der Waals surface area (Å²) in [5, 5.41) is 0. The second kappa shape index (κ2) is 4.81. The Morgan fingerprint density at radius 2 is 1.00 bits per heavy atom. The van der Waals surface area contributed by atoms with Gasteiger partial charge in [-0.05, 0) is 56.8 Å². The molecule has 18 heavy (non-hydrogen) atoms. The van der Waals surface area contributed by atoms with Gasteiger partial charge >= 0.3 is 0 Å². The molecule has 0 spiro atoms. The zero-order valence-electron chi connectivity index (χ0n) is 11.8. The Morgan fingerprint density at radius 1 is 0.500 bits per heavy atom. The van der Waals surface area contributed by atoms with Gasteiger partial charge in [-0.1, -0.05) is 32.1 Å². The second-order valence-corrected chi connectivity index (χ2v) is 7.64. The molecule has 2 aliphatic carbocycles. The minimum absolute atomic E-state index is 0.987. The Labute approximate surface area is 112 Å². The highest BCUT2D eigenvalue weighted by atomic mass is 15.2. The summed E-state index contributed by atoms with van der Waals surface area (Å²) >= 11 is 0. The van der Waals surface area contributed by atoms with Gasteiger partial charge in [0.15, 0.2) is 0 Å². The molecular weight excluding hydrogens is 218 g/mol. The van der Waals surface area contributed by atoms with Crippen molar-refractivity contribution in [3.63, 3.8) is 0 Å². The van der Waals surface area contributed by atoms with Crippen molar-refractivity contribution in [2.24, 2.45) is 11.8 Å². The lowest BCUT2D eigenvalue weighted by atomic mass is 9.68. The number of rotatable bonds is 1. The first-order chi connectivity index (χ1) is 8.90. The first kappa shape index (κ1) is 11.8. The lowest BCUT2D eigenvalue weighted by Gasteiger charge is -2.53. The van der Waals surface area contributed by atoms with Crippen molar-refractivity contribution in [3.05, 3.63) is 0 Å². The highest BCUT2D eigenvalue weighted by Gasteiger charge is 2.42. The molecule has 4 fully saturated rings. The summed E-state index contributed by atoms with van der Waals surface area (Å²) in [4.78, 5) is 3.05. The van der Waals surface area contributed by atoms with Gasteiger partial charge in [-0.25, -0.2) is 0 Å². The predicted octanol–water partition coefficient (Wildman–Crippen LogP) is 4.36. The molecule has 1 heteroatoms. The zero-order valence-corrected chi connectivity index (χ0v) is 11.8. The molecule has 2 unspecified atom stereocenters. The van der Waals surface area contributed by atoms with Crippen LogP contribution in [0.25, 0.3) is 0 Å². The normalized spacial score (nSPS) is 49.0. The molecule has 4 bridgehead atoms. The third-order valence-electron chi connectivity index (χ3n) is 6.52. The SMILES string of the molecule is C1CC2CC(C1)CC(N1C3CCCC1CCC3)C2. The van der Waals surface area contributed by atoms with E-state index in [1.807, 2.05) is 0 Å². The number of hydrogen-bond donors (Lipinski definition) is 0. The van der Waals surface area contributed by atoms with Crippen LogP contribution in [0.1, 0.15) is 77.0 Å². The van der Waals surface area contributed by atoms with Gasteiger partial charge in [0.05, 0.1) is 0 Å². The molecule has 4 rings (SSSR count). The van der Waals surface area contributed by atoms with Crippen LogP contribution < -0.4 is 0 Å².